The molecule has 1 fully saturated rings. The van der Waals surface area contributed by atoms with Crippen molar-refractivity contribution in [3.8, 4) is 0 Å². The van der Waals surface area contributed by atoms with Gasteiger partial charge in [0.05, 0.1) is 11.7 Å². The Morgan fingerprint density at radius 2 is 2.33 bits per heavy atom. The molecule has 112 valence electrons. The minimum atomic E-state index is -0.125. The fourth-order valence-corrected chi connectivity index (χ4v) is 3.72. The molecule has 5 nitrogen and oxygen atoms in total. The number of hydrogen-bond donors (Lipinski definition) is 0. The smallest absolute Gasteiger partial charge is 0.262 e. The van der Waals surface area contributed by atoms with Crippen LogP contribution in [0.4, 0.5) is 0 Å². The highest BCUT2D eigenvalue weighted by molar-refractivity contribution is 7.16. The SMILES string of the molecule is CCC1CCCCN1C(=O)Cn1cnc2sccc2c1=O. The van der Waals surface area contributed by atoms with Crippen LogP contribution in [0.25, 0.3) is 10.2 Å². The lowest BCUT2D eigenvalue weighted by atomic mass is 10.00. The second-order valence-corrected chi connectivity index (χ2v) is 6.36. The minimum absolute atomic E-state index is 0.0278. The van der Waals surface area contributed by atoms with E-state index in [1.54, 1.807) is 6.07 Å². The molecule has 0 N–H and O–H groups in total. The van der Waals surface area contributed by atoms with Gasteiger partial charge in [-0.15, -0.1) is 11.3 Å². The van der Waals surface area contributed by atoms with Crippen molar-refractivity contribution in [2.45, 2.75) is 45.2 Å². The average molecular weight is 305 g/mol. The Hall–Kier alpha value is -1.69. The summed E-state index contributed by atoms with van der Waals surface area (Å²) in [5, 5.41) is 2.45. The first-order chi connectivity index (χ1) is 10.2. The molecule has 1 aliphatic rings. The summed E-state index contributed by atoms with van der Waals surface area (Å²) in [5.41, 5.74) is -0.125. The van der Waals surface area contributed by atoms with E-state index >= 15 is 0 Å². The van der Waals surface area contributed by atoms with E-state index in [1.807, 2.05) is 10.3 Å². The van der Waals surface area contributed by atoms with Crippen LogP contribution in [0.5, 0.6) is 0 Å². The van der Waals surface area contributed by atoms with E-state index < -0.39 is 0 Å². The van der Waals surface area contributed by atoms with Gasteiger partial charge >= 0.3 is 0 Å². The topological polar surface area (TPSA) is 55.2 Å². The lowest BCUT2D eigenvalue weighted by Crippen LogP contribution is -2.45. The first-order valence-electron chi connectivity index (χ1n) is 7.43. The van der Waals surface area contributed by atoms with Gasteiger partial charge in [0.25, 0.3) is 5.56 Å². The van der Waals surface area contributed by atoms with Gasteiger partial charge in [0.1, 0.15) is 11.4 Å². The molecule has 0 spiro atoms. The molecule has 2 aromatic heterocycles. The highest BCUT2D eigenvalue weighted by Crippen LogP contribution is 2.20. The summed E-state index contributed by atoms with van der Waals surface area (Å²) >= 11 is 1.44. The Labute approximate surface area is 127 Å². The van der Waals surface area contributed by atoms with E-state index in [4.69, 9.17) is 0 Å². The molecule has 21 heavy (non-hydrogen) atoms. The van der Waals surface area contributed by atoms with Crippen molar-refractivity contribution in [2.75, 3.05) is 6.54 Å². The van der Waals surface area contributed by atoms with Crippen molar-refractivity contribution in [3.05, 3.63) is 28.1 Å². The number of rotatable bonds is 3. The Bertz CT molecular complexity index is 706. The highest BCUT2D eigenvalue weighted by atomic mass is 32.1. The number of hydrogen-bond acceptors (Lipinski definition) is 4. The predicted molar refractivity (Wildman–Crippen MR) is 83.5 cm³/mol. The van der Waals surface area contributed by atoms with E-state index in [2.05, 4.69) is 11.9 Å². The van der Waals surface area contributed by atoms with E-state index in [0.717, 1.165) is 30.6 Å². The predicted octanol–water partition coefficient (Wildman–Crippen LogP) is 2.25. The molecule has 1 amide bonds. The van der Waals surface area contributed by atoms with Crippen LogP contribution in [-0.2, 0) is 11.3 Å². The lowest BCUT2D eigenvalue weighted by Gasteiger charge is -2.35. The summed E-state index contributed by atoms with van der Waals surface area (Å²) < 4.78 is 1.43. The minimum Gasteiger partial charge on any atom is -0.338 e. The summed E-state index contributed by atoms with van der Waals surface area (Å²) in [7, 11) is 0. The lowest BCUT2D eigenvalue weighted by molar-refractivity contribution is -0.135. The quantitative estimate of drug-likeness (QED) is 0.874. The van der Waals surface area contributed by atoms with E-state index in [0.29, 0.717) is 11.4 Å². The maximum Gasteiger partial charge on any atom is 0.262 e. The second-order valence-electron chi connectivity index (χ2n) is 5.46. The zero-order valence-electron chi connectivity index (χ0n) is 12.1. The fraction of sp³-hybridized carbons (Fsp3) is 0.533. The van der Waals surface area contributed by atoms with Crippen LogP contribution in [0, 0.1) is 0 Å². The van der Waals surface area contributed by atoms with Gasteiger partial charge < -0.3 is 4.90 Å². The summed E-state index contributed by atoms with van der Waals surface area (Å²) in [4.78, 5) is 31.7. The Kier molecular flexibility index (Phi) is 4.05. The Morgan fingerprint density at radius 1 is 1.48 bits per heavy atom. The van der Waals surface area contributed by atoms with Crippen LogP contribution >= 0.6 is 11.3 Å². The maximum absolute atomic E-state index is 12.5. The monoisotopic (exact) mass is 305 g/mol. The summed E-state index contributed by atoms with van der Waals surface area (Å²) in [6.07, 6.45) is 5.77. The molecule has 1 atom stereocenters. The first-order valence-corrected chi connectivity index (χ1v) is 8.30. The second kappa shape index (κ2) is 5.97. The largest absolute Gasteiger partial charge is 0.338 e. The van der Waals surface area contributed by atoms with Gasteiger partial charge in [-0.1, -0.05) is 6.92 Å². The molecule has 6 heteroatoms. The number of piperidine rings is 1. The molecule has 0 radical (unpaired) electrons. The zero-order chi connectivity index (χ0) is 14.8. The highest BCUT2D eigenvalue weighted by Gasteiger charge is 2.25. The van der Waals surface area contributed by atoms with Gasteiger partial charge in [-0.05, 0) is 37.1 Å². The van der Waals surface area contributed by atoms with Gasteiger partial charge in [-0.25, -0.2) is 4.98 Å². The van der Waals surface area contributed by atoms with Crippen LogP contribution in [0.3, 0.4) is 0 Å². The van der Waals surface area contributed by atoms with E-state index in [1.165, 1.54) is 28.7 Å². The Balaban J connectivity index is 1.82. The summed E-state index contributed by atoms with van der Waals surface area (Å²) in [6.45, 7) is 3.01. The van der Waals surface area contributed by atoms with E-state index in [-0.39, 0.29) is 18.0 Å². The molecule has 0 aromatic carbocycles. The van der Waals surface area contributed by atoms with Crippen LogP contribution < -0.4 is 5.56 Å². The third-order valence-electron chi connectivity index (χ3n) is 4.17. The van der Waals surface area contributed by atoms with Gasteiger partial charge in [-0.3, -0.25) is 14.2 Å². The van der Waals surface area contributed by atoms with Gasteiger partial charge in [-0.2, -0.15) is 0 Å². The maximum atomic E-state index is 12.5. The fourth-order valence-electron chi connectivity index (χ4n) is 3.00. The Morgan fingerprint density at radius 3 is 3.14 bits per heavy atom. The number of fused-ring (bicyclic) bond motifs is 1. The third kappa shape index (κ3) is 2.72. The van der Waals surface area contributed by atoms with Gasteiger partial charge in [0.15, 0.2) is 0 Å². The number of carbonyl (C=O) groups is 1. The summed E-state index contributed by atoms with van der Waals surface area (Å²) in [6, 6.07) is 2.09. The van der Waals surface area contributed by atoms with Crippen molar-refractivity contribution in [1.29, 1.82) is 0 Å². The van der Waals surface area contributed by atoms with Crippen LogP contribution in [0.15, 0.2) is 22.6 Å². The number of likely N-dealkylation sites (tertiary alicyclic amines) is 1. The normalized spacial score (nSPS) is 19.1. The zero-order valence-corrected chi connectivity index (χ0v) is 12.9. The number of amides is 1. The molecule has 0 bridgehead atoms. The van der Waals surface area contributed by atoms with Crippen molar-refractivity contribution in [2.24, 2.45) is 0 Å². The summed E-state index contributed by atoms with van der Waals surface area (Å²) in [5.74, 6) is 0.0278. The number of nitrogens with zero attached hydrogens (tertiary/aromatic N) is 3. The van der Waals surface area contributed by atoms with Gasteiger partial charge in [0.2, 0.25) is 5.91 Å². The molecule has 1 unspecified atom stereocenters. The number of carbonyl (C=O) groups excluding carboxylic acids is 1. The van der Waals surface area contributed by atoms with Crippen LogP contribution in [0.2, 0.25) is 0 Å². The molecule has 2 aromatic rings. The van der Waals surface area contributed by atoms with Crippen molar-refractivity contribution < 1.29 is 4.79 Å². The van der Waals surface area contributed by atoms with Crippen molar-refractivity contribution in [3.63, 3.8) is 0 Å². The van der Waals surface area contributed by atoms with E-state index in [9.17, 15) is 9.59 Å². The van der Waals surface area contributed by atoms with Crippen LogP contribution in [0.1, 0.15) is 32.6 Å². The molecule has 0 saturated carbocycles. The molecule has 3 rings (SSSR count). The number of thiophene rings is 1. The first kappa shape index (κ1) is 14.3. The van der Waals surface area contributed by atoms with Crippen LogP contribution in [-0.4, -0.2) is 32.9 Å². The molecular weight excluding hydrogens is 286 g/mol. The number of aromatic nitrogens is 2. The standard InChI is InChI=1S/C15H19N3O2S/c1-2-11-5-3-4-7-18(11)13(19)9-17-10-16-14-12(15(17)20)6-8-21-14/h6,8,10-11H,2-5,7,9H2,1H3. The average Bonchev–Trinajstić information content (AvgIpc) is 2.99. The van der Waals surface area contributed by atoms with Crippen molar-refractivity contribution in [1.82, 2.24) is 14.5 Å². The molecule has 0 aliphatic carbocycles. The van der Waals surface area contributed by atoms with Gasteiger partial charge in [0, 0.05) is 12.6 Å². The molecule has 3 heterocycles. The third-order valence-corrected chi connectivity index (χ3v) is 5.00. The molecular formula is C15H19N3O2S. The molecule has 1 saturated heterocycles. The molecule has 1 aliphatic heterocycles. The van der Waals surface area contributed by atoms with Crippen molar-refractivity contribution >= 4 is 27.5 Å².